The Morgan fingerprint density at radius 1 is 1.12 bits per heavy atom. The predicted octanol–water partition coefficient (Wildman–Crippen LogP) is 3.99. The second kappa shape index (κ2) is 7.47. The van der Waals surface area contributed by atoms with Crippen molar-refractivity contribution in [3.63, 3.8) is 0 Å². The molecule has 1 aliphatic carbocycles. The van der Waals surface area contributed by atoms with Crippen molar-refractivity contribution >= 4 is 11.0 Å². The molecular formula is C22H18F3N5O2. The molecule has 5 rings (SSSR count). The highest BCUT2D eigenvalue weighted by molar-refractivity contribution is 5.78. The molecule has 0 amide bonds. The Labute approximate surface area is 180 Å². The third-order valence-electron chi connectivity index (χ3n) is 5.39. The SMILES string of the molecule is Cn1c(C2CC2)nc2ccc(-n3ccc(OCc4cnc(C(F)(F)F)cn4)cc3=O)cc21. The molecule has 164 valence electrons. The summed E-state index contributed by atoms with van der Waals surface area (Å²) >= 11 is 0. The number of benzene rings is 1. The molecule has 3 aromatic heterocycles. The fraction of sp³-hybridized carbons (Fsp3) is 0.273. The highest BCUT2D eigenvalue weighted by Gasteiger charge is 2.32. The van der Waals surface area contributed by atoms with Gasteiger partial charge in [-0.2, -0.15) is 13.2 Å². The Morgan fingerprint density at radius 3 is 2.59 bits per heavy atom. The third kappa shape index (κ3) is 3.83. The van der Waals surface area contributed by atoms with Crippen molar-refractivity contribution in [3.05, 3.63) is 76.5 Å². The van der Waals surface area contributed by atoms with Gasteiger partial charge in [-0.15, -0.1) is 0 Å². The number of aromatic nitrogens is 5. The van der Waals surface area contributed by atoms with Crippen LogP contribution in [0, 0.1) is 0 Å². The molecule has 1 saturated carbocycles. The fourth-order valence-electron chi connectivity index (χ4n) is 3.55. The summed E-state index contributed by atoms with van der Waals surface area (Å²) in [5.74, 6) is 1.87. The van der Waals surface area contributed by atoms with Gasteiger partial charge in [0, 0.05) is 25.2 Å². The summed E-state index contributed by atoms with van der Waals surface area (Å²) in [6, 6.07) is 8.60. The molecule has 1 fully saturated rings. The smallest absolute Gasteiger partial charge is 0.434 e. The molecule has 10 heteroatoms. The number of pyridine rings is 1. The number of alkyl halides is 3. The average Bonchev–Trinajstić information content (AvgIpc) is 3.56. The lowest BCUT2D eigenvalue weighted by Crippen LogP contribution is -2.17. The number of nitrogens with zero attached hydrogens (tertiary/aromatic N) is 5. The molecule has 3 heterocycles. The van der Waals surface area contributed by atoms with E-state index in [1.54, 1.807) is 12.3 Å². The lowest BCUT2D eigenvalue weighted by molar-refractivity contribution is -0.141. The van der Waals surface area contributed by atoms with Gasteiger partial charge in [0.2, 0.25) is 0 Å². The van der Waals surface area contributed by atoms with Gasteiger partial charge in [0.05, 0.1) is 34.8 Å². The monoisotopic (exact) mass is 441 g/mol. The summed E-state index contributed by atoms with van der Waals surface area (Å²) in [6.45, 7) is -0.112. The van der Waals surface area contributed by atoms with E-state index in [0.717, 1.165) is 35.9 Å². The van der Waals surface area contributed by atoms with Crippen LogP contribution in [0.2, 0.25) is 0 Å². The lowest BCUT2D eigenvalue weighted by Gasteiger charge is -2.10. The van der Waals surface area contributed by atoms with Gasteiger partial charge in [-0.25, -0.2) is 9.97 Å². The first-order valence-electron chi connectivity index (χ1n) is 10.00. The Hall–Kier alpha value is -3.69. The first-order chi connectivity index (χ1) is 15.3. The number of hydrogen-bond donors (Lipinski definition) is 0. The summed E-state index contributed by atoms with van der Waals surface area (Å²) in [5.41, 5.74) is 1.40. The molecule has 7 nitrogen and oxygen atoms in total. The molecule has 1 aromatic carbocycles. The fourth-order valence-corrected chi connectivity index (χ4v) is 3.55. The van der Waals surface area contributed by atoms with Crippen molar-refractivity contribution in [3.8, 4) is 11.4 Å². The van der Waals surface area contributed by atoms with E-state index in [9.17, 15) is 18.0 Å². The summed E-state index contributed by atoms with van der Waals surface area (Å²) in [5, 5.41) is 0. The Morgan fingerprint density at radius 2 is 1.94 bits per heavy atom. The Bertz CT molecular complexity index is 1350. The molecule has 0 aliphatic heterocycles. The molecule has 0 bridgehead atoms. The van der Waals surface area contributed by atoms with Crippen LogP contribution in [0.15, 0.2) is 53.7 Å². The molecule has 32 heavy (non-hydrogen) atoms. The number of fused-ring (bicyclic) bond motifs is 1. The summed E-state index contributed by atoms with van der Waals surface area (Å²) in [6.07, 6.45) is 1.01. The molecule has 0 N–H and O–H groups in total. The van der Waals surface area contributed by atoms with Crippen molar-refractivity contribution in [2.24, 2.45) is 7.05 Å². The molecule has 0 spiro atoms. The minimum atomic E-state index is -4.55. The number of halogens is 3. The number of hydrogen-bond acceptors (Lipinski definition) is 5. The first kappa shape index (κ1) is 20.2. The van der Waals surface area contributed by atoms with E-state index in [4.69, 9.17) is 9.72 Å². The van der Waals surface area contributed by atoms with E-state index >= 15 is 0 Å². The van der Waals surface area contributed by atoms with E-state index < -0.39 is 11.9 Å². The Kier molecular flexibility index (Phi) is 4.72. The summed E-state index contributed by atoms with van der Waals surface area (Å²) < 4.78 is 46.8. The van der Waals surface area contributed by atoms with E-state index in [0.29, 0.717) is 17.8 Å². The topological polar surface area (TPSA) is 74.8 Å². The van der Waals surface area contributed by atoms with Gasteiger partial charge in [-0.3, -0.25) is 14.3 Å². The van der Waals surface area contributed by atoms with Crippen molar-refractivity contribution in [2.75, 3.05) is 0 Å². The van der Waals surface area contributed by atoms with Gasteiger partial charge in [0.25, 0.3) is 5.56 Å². The number of imidazole rings is 1. The highest BCUT2D eigenvalue weighted by Crippen LogP contribution is 2.40. The van der Waals surface area contributed by atoms with Crippen LogP contribution in [0.1, 0.15) is 36.0 Å². The van der Waals surface area contributed by atoms with Crippen LogP contribution in [0.3, 0.4) is 0 Å². The van der Waals surface area contributed by atoms with Gasteiger partial charge in [-0.1, -0.05) is 0 Å². The maximum absolute atomic E-state index is 12.7. The summed E-state index contributed by atoms with van der Waals surface area (Å²) in [7, 11) is 1.98. The van der Waals surface area contributed by atoms with E-state index in [-0.39, 0.29) is 23.6 Å². The van der Waals surface area contributed by atoms with Crippen LogP contribution in [-0.4, -0.2) is 24.1 Å². The van der Waals surface area contributed by atoms with Crippen molar-refractivity contribution in [2.45, 2.75) is 31.5 Å². The lowest BCUT2D eigenvalue weighted by atomic mass is 10.2. The number of aryl methyl sites for hydroxylation is 1. The zero-order valence-electron chi connectivity index (χ0n) is 17.0. The predicted molar refractivity (Wildman–Crippen MR) is 110 cm³/mol. The summed E-state index contributed by atoms with van der Waals surface area (Å²) in [4.78, 5) is 24.4. The molecule has 0 atom stereocenters. The van der Waals surface area contributed by atoms with Gasteiger partial charge in [0.1, 0.15) is 18.2 Å². The molecule has 0 saturated heterocycles. The normalized spacial score (nSPS) is 14.1. The zero-order chi connectivity index (χ0) is 22.5. The zero-order valence-corrected chi connectivity index (χ0v) is 17.0. The van der Waals surface area contributed by atoms with Crippen LogP contribution in [0.25, 0.3) is 16.7 Å². The average molecular weight is 441 g/mol. The van der Waals surface area contributed by atoms with Gasteiger partial charge in [-0.05, 0) is 37.1 Å². The van der Waals surface area contributed by atoms with Crippen molar-refractivity contribution < 1.29 is 17.9 Å². The van der Waals surface area contributed by atoms with E-state index in [2.05, 4.69) is 14.5 Å². The molecule has 0 unspecified atom stereocenters. The maximum Gasteiger partial charge on any atom is 0.434 e. The van der Waals surface area contributed by atoms with Gasteiger partial charge in [0.15, 0.2) is 5.69 Å². The van der Waals surface area contributed by atoms with Gasteiger partial charge < -0.3 is 9.30 Å². The van der Waals surface area contributed by atoms with Crippen molar-refractivity contribution in [1.82, 2.24) is 24.1 Å². The molecule has 0 radical (unpaired) electrons. The maximum atomic E-state index is 12.7. The van der Waals surface area contributed by atoms with Crippen LogP contribution in [-0.2, 0) is 19.8 Å². The van der Waals surface area contributed by atoms with Crippen LogP contribution in [0.5, 0.6) is 5.75 Å². The number of ether oxygens (including phenoxy) is 1. The highest BCUT2D eigenvalue weighted by atomic mass is 19.4. The van der Waals surface area contributed by atoms with E-state index in [1.165, 1.54) is 10.6 Å². The second-order valence-electron chi connectivity index (χ2n) is 7.73. The second-order valence-corrected chi connectivity index (χ2v) is 7.73. The minimum absolute atomic E-state index is 0.112. The molecule has 1 aliphatic rings. The minimum Gasteiger partial charge on any atom is -0.487 e. The first-order valence-corrected chi connectivity index (χ1v) is 10.00. The van der Waals surface area contributed by atoms with E-state index in [1.807, 2.05) is 25.2 Å². The van der Waals surface area contributed by atoms with Crippen LogP contribution < -0.4 is 10.3 Å². The third-order valence-corrected chi connectivity index (χ3v) is 5.39. The Balaban J connectivity index is 1.34. The quantitative estimate of drug-likeness (QED) is 0.468. The molecule has 4 aromatic rings. The van der Waals surface area contributed by atoms with Crippen molar-refractivity contribution in [1.29, 1.82) is 0 Å². The largest absolute Gasteiger partial charge is 0.487 e. The van der Waals surface area contributed by atoms with Crippen LogP contribution >= 0.6 is 0 Å². The standard InChI is InChI=1S/C22H18F3N5O2/c1-29-18-8-15(4-5-17(18)28-21(29)13-2-3-13)30-7-6-16(9-20(30)31)32-12-14-10-27-19(11-26-14)22(23,24)25/h4-11,13H,2-3,12H2,1H3. The van der Waals surface area contributed by atoms with Crippen LogP contribution in [0.4, 0.5) is 13.2 Å². The van der Waals surface area contributed by atoms with Gasteiger partial charge >= 0.3 is 6.18 Å². The molecular weight excluding hydrogens is 423 g/mol. The number of rotatable bonds is 5.